The Balaban J connectivity index is 2.38. The van der Waals surface area contributed by atoms with E-state index in [4.69, 9.17) is 5.73 Å². The highest BCUT2D eigenvalue weighted by Gasteiger charge is 2.05. The Kier molecular flexibility index (Phi) is 2.83. The molecule has 1 aromatic heterocycles. The maximum absolute atomic E-state index is 5.82. The fourth-order valence-electron chi connectivity index (χ4n) is 1.68. The monoisotopic (exact) mass is 201 g/mol. The van der Waals surface area contributed by atoms with Gasteiger partial charge in [0.25, 0.3) is 0 Å². The molecule has 0 amide bonds. The molecule has 0 spiro atoms. The second kappa shape index (κ2) is 4.28. The van der Waals surface area contributed by atoms with Gasteiger partial charge in [-0.3, -0.25) is 0 Å². The van der Waals surface area contributed by atoms with Crippen LogP contribution >= 0.6 is 0 Å². The first-order chi connectivity index (χ1) is 7.27. The lowest BCUT2D eigenvalue weighted by atomic mass is 10.1. The molecule has 0 saturated heterocycles. The molecule has 0 saturated carbocycles. The molecule has 15 heavy (non-hydrogen) atoms. The van der Waals surface area contributed by atoms with Crippen molar-refractivity contribution in [3.8, 4) is 5.69 Å². The van der Waals surface area contributed by atoms with Gasteiger partial charge in [0.2, 0.25) is 0 Å². The number of rotatable bonds is 3. The normalized spacial score (nSPS) is 12.7. The van der Waals surface area contributed by atoms with Gasteiger partial charge in [0.05, 0.1) is 6.33 Å². The molecule has 0 aliphatic heterocycles. The lowest BCUT2D eigenvalue weighted by Crippen LogP contribution is -2.18. The SMILES string of the molecule is CC(N)Cc1ccccc1-n1ccnc1. The third kappa shape index (κ3) is 2.25. The molecular weight excluding hydrogens is 186 g/mol. The van der Waals surface area contributed by atoms with Crippen molar-refractivity contribution < 1.29 is 0 Å². The third-order valence-corrected chi connectivity index (χ3v) is 2.32. The topological polar surface area (TPSA) is 43.8 Å². The van der Waals surface area contributed by atoms with E-state index >= 15 is 0 Å². The Bertz CT molecular complexity index is 418. The van der Waals surface area contributed by atoms with Crippen molar-refractivity contribution in [2.75, 3.05) is 0 Å². The number of para-hydroxylation sites is 1. The first-order valence-corrected chi connectivity index (χ1v) is 5.09. The minimum atomic E-state index is 0.176. The van der Waals surface area contributed by atoms with Crippen LogP contribution in [0.5, 0.6) is 0 Å². The van der Waals surface area contributed by atoms with Gasteiger partial charge in [-0.15, -0.1) is 0 Å². The molecule has 1 unspecified atom stereocenters. The molecular formula is C12H15N3. The van der Waals surface area contributed by atoms with E-state index in [0.717, 1.165) is 12.1 Å². The summed E-state index contributed by atoms with van der Waals surface area (Å²) in [6.07, 6.45) is 6.41. The summed E-state index contributed by atoms with van der Waals surface area (Å²) in [6.45, 7) is 2.02. The van der Waals surface area contributed by atoms with Crippen molar-refractivity contribution in [3.05, 3.63) is 48.5 Å². The van der Waals surface area contributed by atoms with Crippen molar-refractivity contribution >= 4 is 0 Å². The molecule has 0 bridgehead atoms. The van der Waals surface area contributed by atoms with Gasteiger partial charge in [0.15, 0.2) is 0 Å². The minimum Gasteiger partial charge on any atom is -0.328 e. The summed E-state index contributed by atoms with van der Waals surface area (Å²) in [5.41, 5.74) is 8.24. The molecule has 2 rings (SSSR count). The minimum absolute atomic E-state index is 0.176. The smallest absolute Gasteiger partial charge is 0.0991 e. The van der Waals surface area contributed by atoms with Crippen molar-refractivity contribution in [2.45, 2.75) is 19.4 Å². The third-order valence-electron chi connectivity index (χ3n) is 2.32. The number of aromatic nitrogens is 2. The van der Waals surface area contributed by atoms with E-state index < -0.39 is 0 Å². The zero-order chi connectivity index (χ0) is 10.7. The number of hydrogen-bond acceptors (Lipinski definition) is 2. The lowest BCUT2D eigenvalue weighted by Gasteiger charge is -2.11. The van der Waals surface area contributed by atoms with E-state index in [1.54, 1.807) is 12.5 Å². The number of imidazole rings is 1. The molecule has 0 fully saturated rings. The molecule has 2 aromatic rings. The number of nitrogens with zero attached hydrogens (tertiary/aromatic N) is 2. The van der Waals surface area contributed by atoms with Crippen LogP contribution in [0, 0.1) is 0 Å². The highest BCUT2D eigenvalue weighted by atomic mass is 15.0. The standard InChI is InChI=1S/C12H15N3/c1-10(13)8-11-4-2-3-5-12(11)15-7-6-14-9-15/h2-7,9-10H,8,13H2,1H3. The van der Waals surface area contributed by atoms with E-state index in [9.17, 15) is 0 Å². The van der Waals surface area contributed by atoms with E-state index in [-0.39, 0.29) is 6.04 Å². The average Bonchev–Trinajstić information content (AvgIpc) is 2.70. The van der Waals surface area contributed by atoms with Gasteiger partial charge in [-0.25, -0.2) is 4.98 Å². The van der Waals surface area contributed by atoms with E-state index in [1.165, 1.54) is 5.56 Å². The second-order valence-corrected chi connectivity index (χ2v) is 3.78. The predicted octanol–water partition coefficient (Wildman–Crippen LogP) is 1.76. The van der Waals surface area contributed by atoms with Crippen LogP contribution in [0.3, 0.4) is 0 Å². The fourth-order valence-corrected chi connectivity index (χ4v) is 1.68. The van der Waals surface area contributed by atoms with Crippen LogP contribution in [0.2, 0.25) is 0 Å². The summed E-state index contributed by atoms with van der Waals surface area (Å²) in [5.74, 6) is 0. The van der Waals surface area contributed by atoms with Crippen LogP contribution in [0.1, 0.15) is 12.5 Å². The summed E-state index contributed by atoms with van der Waals surface area (Å²) in [6, 6.07) is 8.44. The van der Waals surface area contributed by atoms with Crippen LogP contribution in [-0.4, -0.2) is 15.6 Å². The van der Waals surface area contributed by atoms with Gasteiger partial charge in [-0.1, -0.05) is 18.2 Å². The zero-order valence-electron chi connectivity index (χ0n) is 8.80. The van der Waals surface area contributed by atoms with E-state index in [0.29, 0.717) is 0 Å². The van der Waals surface area contributed by atoms with Crippen molar-refractivity contribution in [2.24, 2.45) is 5.73 Å². The Morgan fingerprint density at radius 3 is 2.87 bits per heavy atom. The number of benzene rings is 1. The van der Waals surface area contributed by atoms with Crippen molar-refractivity contribution in [1.29, 1.82) is 0 Å². The Labute approximate surface area is 89.6 Å². The van der Waals surface area contributed by atoms with Gasteiger partial charge in [-0.2, -0.15) is 0 Å². The molecule has 0 aliphatic carbocycles. The summed E-state index contributed by atoms with van der Waals surface area (Å²) < 4.78 is 2.01. The summed E-state index contributed by atoms with van der Waals surface area (Å²) >= 11 is 0. The first-order valence-electron chi connectivity index (χ1n) is 5.09. The Hall–Kier alpha value is -1.61. The molecule has 1 heterocycles. The summed E-state index contributed by atoms with van der Waals surface area (Å²) in [4.78, 5) is 4.05. The maximum atomic E-state index is 5.82. The highest BCUT2D eigenvalue weighted by molar-refractivity contribution is 5.41. The van der Waals surface area contributed by atoms with Crippen molar-refractivity contribution in [1.82, 2.24) is 9.55 Å². The predicted molar refractivity (Wildman–Crippen MR) is 60.9 cm³/mol. The van der Waals surface area contributed by atoms with Crippen molar-refractivity contribution in [3.63, 3.8) is 0 Å². The van der Waals surface area contributed by atoms with Gasteiger partial charge < -0.3 is 10.3 Å². The molecule has 3 heteroatoms. The van der Waals surface area contributed by atoms with Crippen LogP contribution < -0.4 is 5.73 Å². The average molecular weight is 201 g/mol. The summed E-state index contributed by atoms with van der Waals surface area (Å²) in [7, 11) is 0. The zero-order valence-corrected chi connectivity index (χ0v) is 8.80. The van der Waals surface area contributed by atoms with Gasteiger partial charge in [0, 0.05) is 24.1 Å². The molecule has 1 atom stereocenters. The van der Waals surface area contributed by atoms with Crippen LogP contribution in [0.4, 0.5) is 0 Å². The molecule has 78 valence electrons. The first kappa shape index (κ1) is 9.93. The van der Waals surface area contributed by atoms with E-state index in [2.05, 4.69) is 17.1 Å². The molecule has 0 aliphatic rings. The lowest BCUT2D eigenvalue weighted by molar-refractivity contribution is 0.733. The highest BCUT2D eigenvalue weighted by Crippen LogP contribution is 2.15. The van der Waals surface area contributed by atoms with Crippen LogP contribution in [0.25, 0.3) is 5.69 Å². The Morgan fingerprint density at radius 1 is 1.40 bits per heavy atom. The quantitative estimate of drug-likeness (QED) is 0.822. The summed E-state index contributed by atoms with van der Waals surface area (Å²) in [5, 5.41) is 0. The largest absolute Gasteiger partial charge is 0.328 e. The van der Waals surface area contributed by atoms with Gasteiger partial charge in [0.1, 0.15) is 0 Å². The fraction of sp³-hybridized carbons (Fsp3) is 0.250. The molecule has 1 aromatic carbocycles. The van der Waals surface area contributed by atoms with E-state index in [1.807, 2.05) is 29.8 Å². The van der Waals surface area contributed by atoms with Gasteiger partial charge >= 0.3 is 0 Å². The number of nitrogens with two attached hydrogens (primary N) is 1. The van der Waals surface area contributed by atoms with Gasteiger partial charge in [-0.05, 0) is 25.0 Å². The van der Waals surface area contributed by atoms with Crippen LogP contribution in [-0.2, 0) is 6.42 Å². The van der Waals surface area contributed by atoms with Crippen LogP contribution in [0.15, 0.2) is 43.0 Å². The number of hydrogen-bond donors (Lipinski definition) is 1. The Morgan fingerprint density at radius 2 is 2.20 bits per heavy atom. The second-order valence-electron chi connectivity index (χ2n) is 3.78. The molecule has 2 N–H and O–H groups in total. The molecule has 3 nitrogen and oxygen atoms in total. The molecule has 0 radical (unpaired) electrons. The maximum Gasteiger partial charge on any atom is 0.0991 e.